The maximum absolute atomic E-state index is 5.91. The van der Waals surface area contributed by atoms with Gasteiger partial charge in [0, 0.05) is 15.8 Å². The van der Waals surface area contributed by atoms with Crippen molar-refractivity contribution in [2.75, 3.05) is 11.9 Å². The number of benzene rings is 1. The highest BCUT2D eigenvalue weighted by molar-refractivity contribution is 9.09. The molecule has 0 aromatic heterocycles. The lowest BCUT2D eigenvalue weighted by Crippen LogP contribution is -2.23. The van der Waals surface area contributed by atoms with Crippen molar-refractivity contribution in [2.45, 2.75) is 20.8 Å². The fourth-order valence-electron chi connectivity index (χ4n) is 1.04. The Morgan fingerprint density at radius 3 is 2.67 bits per heavy atom. The average molecular weight is 292 g/mol. The second kappa shape index (κ2) is 5.22. The predicted molar refractivity (Wildman–Crippen MR) is 69.3 cm³/mol. The molecule has 0 fully saturated rings. The number of aryl methyl sites for hydroxylation is 1. The summed E-state index contributed by atoms with van der Waals surface area (Å²) in [6.45, 7) is 7.01. The average Bonchev–Trinajstić information content (AvgIpc) is 2.20. The summed E-state index contributed by atoms with van der Waals surface area (Å²) in [7, 11) is 0. The number of hydrogen-bond donors (Lipinski definition) is 0. The van der Waals surface area contributed by atoms with Crippen molar-refractivity contribution in [3.05, 3.63) is 28.8 Å². The molecule has 0 aliphatic rings. The largest absolute Gasteiger partial charge is 0.493 e. The quantitative estimate of drug-likeness (QED) is 0.745. The smallest absolute Gasteiger partial charge is 0.123 e. The van der Waals surface area contributed by atoms with Crippen molar-refractivity contribution in [3.8, 4) is 5.75 Å². The van der Waals surface area contributed by atoms with Gasteiger partial charge in [0.25, 0.3) is 0 Å². The van der Waals surface area contributed by atoms with Gasteiger partial charge in [0.1, 0.15) is 5.75 Å². The maximum Gasteiger partial charge on any atom is 0.123 e. The normalized spacial score (nSPS) is 11.5. The molecule has 3 heteroatoms. The summed E-state index contributed by atoms with van der Waals surface area (Å²) < 4.78 is 5.76. The Kier molecular flexibility index (Phi) is 4.47. The molecule has 0 radical (unpaired) electrons. The highest BCUT2D eigenvalue weighted by Crippen LogP contribution is 2.25. The van der Waals surface area contributed by atoms with Crippen molar-refractivity contribution in [1.82, 2.24) is 0 Å². The van der Waals surface area contributed by atoms with Crippen LogP contribution in [0.4, 0.5) is 0 Å². The van der Waals surface area contributed by atoms with Crippen LogP contribution in [-0.2, 0) is 0 Å². The number of alkyl halides is 1. The third kappa shape index (κ3) is 4.04. The summed E-state index contributed by atoms with van der Waals surface area (Å²) in [5.74, 6) is 0.872. The highest BCUT2D eigenvalue weighted by Gasteiger charge is 2.17. The number of ether oxygens (including phenoxy) is 1. The van der Waals surface area contributed by atoms with Gasteiger partial charge in [-0.15, -0.1) is 0 Å². The van der Waals surface area contributed by atoms with Crippen LogP contribution in [0, 0.1) is 12.3 Å². The minimum Gasteiger partial charge on any atom is -0.493 e. The fourth-order valence-corrected chi connectivity index (χ4v) is 1.37. The van der Waals surface area contributed by atoms with Gasteiger partial charge < -0.3 is 4.74 Å². The topological polar surface area (TPSA) is 9.23 Å². The van der Waals surface area contributed by atoms with Crippen LogP contribution in [0.1, 0.15) is 19.4 Å². The fraction of sp³-hybridized carbons (Fsp3) is 0.500. The van der Waals surface area contributed by atoms with E-state index in [1.807, 2.05) is 25.1 Å². The molecule has 0 N–H and O–H groups in total. The lowest BCUT2D eigenvalue weighted by atomic mass is 9.98. The summed E-state index contributed by atoms with van der Waals surface area (Å²) in [5, 5.41) is 1.63. The molecule has 0 aliphatic carbocycles. The van der Waals surface area contributed by atoms with Gasteiger partial charge in [-0.25, -0.2) is 0 Å². The van der Waals surface area contributed by atoms with Crippen molar-refractivity contribution in [2.24, 2.45) is 5.41 Å². The molecule has 0 atom stereocenters. The van der Waals surface area contributed by atoms with Crippen molar-refractivity contribution in [1.29, 1.82) is 0 Å². The second-order valence-electron chi connectivity index (χ2n) is 4.50. The SMILES string of the molecule is Cc1ccc(Cl)cc1OCC(C)(C)CBr. The molecule has 1 nitrogen and oxygen atoms in total. The molecule has 0 saturated carbocycles. The van der Waals surface area contributed by atoms with E-state index in [0.717, 1.165) is 16.6 Å². The van der Waals surface area contributed by atoms with Gasteiger partial charge in [-0.3, -0.25) is 0 Å². The molecular formula is C12H16BrClO. The first-order chi connectivity index (χ1) is 6.94. The zero-order chi connectivity index (χ0) is 11.5. The van der Waals surface area contributed by atoms with Gasteiger partial charge in [0.05, 0.1) is 6.61 Å². The van der Waals surface area contributed by atoms with Gasteiger partial charge in [-0.1, -0.05) is 47.4 Å². The van der Waals surface area contributed by atoms with E-state index in [1.54, 1.807) is 0 Å². The zero-order valence-electron chi connectivity index (χ0n) is 9.31. The molecule has 84 valence electrons. The van der Waals surface area contributed by atoms with Crippen LogP contribution in [-0.4, -0.2) is 11.9 Å². The Balaban J connectivity index is 2.69. The van der Waals surface area contributed by atoms with Crippen LogP contribution in [0.25, 0.3) is 0 Å². The van der Waals surface area contributed by atoms with Gasteiger partial charge in [-0.05, 0) is 24.6 Å². The lowest BCUT2D eigenvalue weighted by molar-refractivity contribution is 0.202. The number of halogens is 2. The van der Waals surface area contributed by atoms with Gasteiger partial charge >= 0.3 is 0 Å². The first kappa shape index (κ1) is 12.9. The van der Waals surface area contributed by atoms with E-state index in [0.29, 0.717) is 11.6 Å². The Bertz CT molecular complexity index is 336. The van der Waals surface area contributed by atoms with Crippen LogP contribution >= 0.6 is 27.5 Å². The number of hydrogen-bond acceptors (Lipinski definition) is 1. The second-order valence-corrected chi connectivity index (χ2v) is 5.49. The lowest BCUT2D eigenvalue weighted by Gasteiger charge is -2.22. The molecular weight excluding hydrogens is 275 g/mol. The van der Waals surface area contributed by atoms with Crippen molar-refractivity contribution in [3.63, 3.8) is 0 Å². The van der Waals surface area contributed by atoms with Gasteiger partial charge in [0.15, 0.2) is 0 Å². The van der Waals surface area contributed by atoms with E-state index in [2.05, 4.69) is 29.8 Å². The Hall–Kier alpha value is -0.210. The number of rotatable bonds is 4. The van der Waals surface area contributed by atoms with Gasteiger partial charge in [-0.2, -0.15) is 0 Å². The monoisotopic (exact) mass is 290 g/mol. The summed E-state index contributed by atoms with van der Waals surface area (Å²) in [6, 6.07) is 5.71. The van der Waals surface area contributed by atoms with Gasteiger partial charge in [0.2, 0.25) is 0 Å². The molecule has 0 aliphatic heterocycles. The predicted octanol–water partition coefficient (Wildman–Crippen LogP) is 4.45. The van der Waals surface area contributed by atoms with Crippen LogP contribution in [0.3, 0.4) is 0 Å². The van der Waals surface area contributed by atoms with Crippen LogP contribution in [0.5, 0.6) is 5.75 Å². The molecule has 0 spiro atoms. The first-order valence-electron chi connectivity index (χ1n) is 4.89. The van der Waals surface area contributed by atoms with E-state index < -0.39 is 0 Å². The summed E-state index contributed by atoms with van der Waals surface area (Å²) in [5.41, 5.74) is 1.25. The minimum atomic E-state index is 0.134. The minimum absolute atomic E-state index is 0.134. The maximum atomic E-state index is 5.91. The summed E-state index contributed by atoms with van der Waals surface area (Å²) in [6.07, 6.45) is 0. The summed E-state index contributed by atoms with van der Waals surface area (Å²) in [4.78, 5) is 0. The highest BCUT2D eigenvalue weighted by atomic mass is 79.9. The van der Waals surface area contributed by atoms with Crippen LogP contribution in [0.2, 0.25) is 5.02 Å². The Labute approximate surface area is 105 Å². The van der Waals surface area contributed by atoms with Crippen LogP contribution in [0.15, 0.2) is 18.2 Å². The van der Waals surface area contributed by atoms with E-state index in [4.69, 9.17) is 16.3 Å². The molecule has 1 aromatic rings. The van der Waals surface area contributed by atoms with Crippen LogP contribution < -0.4 is 4.74 Å². The molecule has 0 heterocycles. The molecule has 15 heavy (non-hydrogen) atoms. The molecule has 0 saturated heterocycles. The molecule has 1 rings (SSSR count). The van der Waals surface area contributed by atoms with E-state index in [-0.39, 0.29) is 5.41 Å². The third-order valence-corrected chi connectivity index (χ3v) is 3.88. The Morgan fingerprint density at radius 1 is 1.40 bits per heavy atom. The molecule has 0 amide bonds. The van der Waals surface area contributed by atoms with E-state index >= 15 is 0 Å². The standard InChI is InChI=1S/C12H16BrClO/c1-9-4-5-10(14)6-11(9)15-8-12(2,3)7-13/h4-6H,7-8H2,1-3H3. The van der Waals surface area contributed by atoms with Crippen molar-refractivity contribution >= 4 is 27.5 Å². The van der Waals surface area contributed by atoms with E-state index in [1.165, 1.54) is 0 Å². The van der Waals surface area contributed by atoms with Crippen molar-refractivity contribution < 1.29 is 4.74 Å². The van der Waals surface area contributed by atoms with E-state index in [9.17, 15) is 0 Å². The first-order valence-corrected chi connectivity index (χ1v) is 6.39. The molecule has 0 bridgehead atoms. The third-order valence-electron chi connectivity index (χ3n) is 2.13. The molecule has 0 unspecified atom stereocenters. The molecule has 1 aromatic carbocycles. The zero-order valence-corrected chi connectivity index (χ0v) is 11.7. The Morgan fingerprint density at radius 2 is 2.07 bits per heavy atom. The summed E-state index contributed by atoms with van der Waals surface area (Å²) >= 11 is 9.38.